The second-order valence-electron chi connectivity index (χ2n) is 3.89. The normalized spacial score (nSPS) is 11.8. The van der Waals surface area contributed by atoms with Gasteiger partial charge < -0.3 is 15.5 Å². The third kappa shape index (κ3) is 3.34. The molecular weight excluding hydrogens is 256 g/mol. The van der Waals surface area contributed by atoms with Gasteiger partial charge in [0.15, 0.2) is 5.58 Å². The largest absolute Gasteiger partial charge is 0.423 e. The summed E-state index contributed by atoms with van der Waals surface area (Å²) in [4.78, 5) is 4.17. The minimum Gasteiger partial charge on any atom is -0.423 e. The van der Waals surface area contributed by atoms with Gasteiger partial charge in [0.2, 0.25) is 10.0 Å². The van der Waals surface area contributed by atoms with E-state index in [4.69, 9.17) is 15.3 Å². The van der Waals surface area contributed by atoms with Crippen molar-refractivity contribution in [1.29, 1.82) is 0 Å². The minimum absolute atomic E-state index is 0.0762. The second kappa shape index (κ2) is 4.83. The van der Waals surface area contributed by atoms with Gasteiger partial charge in [0, 0.05) is 18.3 Å². The van der Waals surface area contributed by atoms with Gasteiger partial charge in [0.25, 0.3) is 6.01 Å². The fourth-order valence-corrected chi connectivity index (χ4v) is 2.03. The molecule has 0 amide bonds. The molecule has 18 heavy (non-hydrogen) atoms. The molecule has 0 atom stereocenters. The van der Waals surface area contributed by atoms with Gasteiger partial charge in [0.1, 0.15) is 5.52 Å². The van der Waals surface area contributed by atoms with E-state index in [1.54, 1.807) is 18.2 Å². The number of benzene rings is 1. The molecule has 5 N–H and O–H groups in total. The van der Waals surface area contributed by atoms with Crippen molar-refractivity contribution >= 4 is 32.8 Å². The first kappa shape index (κ1) is 12.7. The Labute approximate surface area is 104 Å². The fourth-order valence-electron chi connectivity index (χ4n) is 1.49. The van der Waals surface area contributed by atoms with Crippen LogP contribution in [-0.4, -0.2) is 25.7 Å². The summed E-state index contributed by atoms with van der Waals surface area (Å²) in [5, 5.41) is 7.77. The lowest BCUT2D eigenvalue weighted by atomic mass is 10.3. The molecule has 0 aliphatic carbocycles. The Balaban J connectivity index is 1.96. The molecule has 1 heterocycles. The van der Waals surface area contributed by atoms with Crippen LogP contribution in [-0.2, 0) is 10.0 Å². The third-order valence-corrected chi connectivity index (χ3v) is 3.15. The number of nitrogens with two attached hydrogens (primary N) is 2. The topological polar surface area (TPSA) is 124 Å². The van der Waals surface area contributed by atoms with Crippen LogP contribution < -0.4 is 16.2 Å². The average molecular weight is 270 g/mol. The van der Waals surface area contributed by atoms with Crippen molar-refractivity contribution in [2.24, 2.45) is 5.14 Å². The Morgan fingerprint density at radius 2 is 2.17 bits per heavy atom. The molecular formula is C10H14N4O3S. The number of hydrogen-bond acceptors (Lipinski definition) is 6. The third-order valence-electron chi connectivity index (χ3n) is 2.29. The van der Waals surface area contributed by atoms with Crippen LogP contribution in [0.15, 0.2) is 22.6 Å². The minimum atomic E-state index is -3.42. The Bertz CT molecular complexity index is 650. The SMILES string of the molecule is Nc1ccc2nc(NCCCS(N)(=O)=O)oc2c1. The maximum absolute atomic E-state index is 10.7. The van der Waals surface area contributed by atoms with Crippen molar-refractivity contribution in [3.63, 3.8) is 0 Å². The van der Waals surface area contributed by atoms with Crippen LogP contribution in [0.1, 0.15) is 6.42 Å². The van der Waals surface area contributed by atoms with Crippen molar-refractivity contribution in [3.8, 4) is 0 Å². The van der Waals surface area contributed by atoms with Crippen LogP contribution in [0.4, 0.5) is 11.7 Å². The van der Waals surface area contributed by atoms with Gasteiger partial charge in [-0.05, 0) is 18.6 Å². The summed E-state index contributed by atoms with van der Waals surface area (Å²) in [6.45, 7) is 0.415. The molecule has 1 aromatic heterocycles. The average Bonchev–Trinajstić information content (AvgIpc) is 2.65. The fraction of sp³-hybridized carbons (Fsp3) is 0.300. The molecule has 0 saturated heterocycles. The van der Waals surface area contributed by atoms with E-state index < -0.39 is 10.0 Å². The van der Waals surface area contributed by atoms with Crippen molar-refractivity contribution in [2.45, 2.75) is 6.42 Å². The molecule has 0 aliphatic heterocycles. The highest BCUT2D eigenvalue weighted by Gasteiger charge is 2.06. The Hall–Kier alpha value is -1.80. The first-order chi connectivity index (χ1) is 8.44. The lowest BCUT2D eigenvalue weighted by molar-refractivity contribution is 0.593. The van der Waals surface area contributed by atoms with Crippen LogP contribution in [0.5, 0.6) is 0 Å². The Morgan fingerprint density at radius 3 is 2.89 bits per heavy atom. The number of hydrogen-bond donors (Lipinski definition) is 3. The number of nitrogens with zero attached hydrogens (tertiary/aromatic N) is 1. The Kier molecular flexibility index (Phi) is 3.39. The number of aromatic nitrogens is 1. The number of rotatable bonds is 5. The van der Waals surface area contributed by atoms with Gasteiger partial charge in [-0.15, -0.1) is 0 Å². The van der Waals surface area contributed by atoms with Crippen LogP contribution in [0.25, 0.3) is 11.1 Å². The molecule has 7 nitrogen and oxygen atoms in total. The lowest BCUT2D eigenvalue weighted by Gasteiger charge is -1.99. The van der Waals surface area contributed by atoms with E-state index in [9.17, 15) is 8.42 Å². The molecule has 1 aromatic carbocycles. The van der Waals surface area contributed by atoms with Gasteiger partial charge in [-0.25, -0.2) is 13.6 Å². The molecule has 8 heteroatoms. The second-order valence-corrected chi connectivity index (χ2v) is 5.63. The van der Waals surface area contributed by atoms with Crippen LogP contribution >= 0.6 is 0 Å². The number of oxazole rings is 1. The predicted octanol–water partition coefficient (Wildman–Crippen LogP) is 0.500. The summed E-state index contributed by atoms with van der Waals surface area (Å²) in [7, 11) is -3.42. The van der Waals surface area contributed by atoms with E-state index >= 15 is 0 Å². The summed E-state index contributed by atoms with van der Waals surface area (Å²) < 4.78 is 26.8. The van der Waals surface area contributed by atoms with E-state index in [1.165, 1.54) is 0 Å². The molecule has 0 unspecified atom stereocenters. The van der Waals surface area contributed by atoms with E-state index in [0.717, 1.165) is 0 Å². The molecule has 0 aliphatic rings. The number of anilines is 2. The van der Waals surface area contributed by atoms with E-state index in [1.807, 2.05) is 0 Å². The number of primary sulfonamides is 1. The molecule has 0 bridgehead atoms. The van der Waals surface area contributed by atoms with Crippen molar-refractivity contribution in [1.82, 2.24) is 4.98 Å². The summed E-state index contributed by atoms with van der Waals surface area (Å²) in [5.74, 6) is -0.0762. The number of nitrogens with one attached hydrogen (secondary N) is 1. The standard InChI is InChI=1S/C10H14N4O3S/c11-7-2-3-8-9(6-7)17-10(14-8)13-4-1-5-18(12,15)16/h2-3,6H,1,4-5,11H2,(H,13,14)(H2,12,15,16). The molecule has 0 spiro atoms. The zero-order valence-electron chi connectivity index (χ0n) is 9.59. The number of sulfonamides is 1. The highest BCUT2D eigenvalue weighted by Crippen LogP contribution is 2.20. The van der Waals surface area contributed by atoms with E-state index in [2.05, 4.69) is 10.3 Å². The maximum Gasteiger partial charge on any atom is 0.295 e. The highest BCUT2D eigenvalue weighted by atomic mass is 32.2. The van der Waals surface area contributed by atoms with Crippen LogP contribution in [0, 0.1) is 0 Å². The monoisotopic (exact) mass is 270 g/mol. The summed E-state index contributed by atoms with van der Waals surface area (Å²) in [5.41, 5.74) is 7.49. The molecule has 0 fully saturated rings. The van der Waals surface area contributed by atoms with Gasteiger partial charge in [-0.2, -0.15) is 4.98 Å². The molecule has 2 rings (SSSR count). The zero-order valence-corrected chi connectivity index (χ0v) is 10.4. The first-order valence-electron chi connectivity index (χ1n) is 5.34. The molecule has 2 aromatic rings. The summed E-state index contributed by atoms with van der Waals surface area (Å²) in [6, 6.07) is 5.50. The first-order valence-corrected chi connectivity index (χ1v) is 7.06. The maximum atomic E-state index is 10.7. The van der Waals surface area contributed by atoms with Crippen molar-refractivity contribution < 1.29 is 12.8 Å². The highest BCUT2D eigenvalue weighted by molar-refractivity contribution is 7.89. The summed E-state index contributed by atoms with van der Waals surface area (Å²) >= 11 is 0. The van der Waals surface area contributed by atoms with Gasteiger partial charge in [0.05, 0.1) is 5.75 Å². The summed E-state index contributed by atoms with van der Waals surface area (Å²) in [6.07, 6.45) is 0.389. The quantitative estimate of drug-likeness (QED) is 0.536. The van der Waals surface area contributed by atoms with Crippen LogP contribution in [0.3, 0.4) is 0 Å². The number of nitrogen functional groups attached to an aromatic ring is 1. The van der Waals surface area contributed by atoms with E-state index in [-0.39, 0.29) is 5.75 Å². The number of fused-ring (bicyclic) bond motifs is 1. The Morgan fingerprint density at radius 1 is 1.39 bits per heavy atom. The van der Waals surface area contributed by atoms with Gasteiger partial charge in [-0.1, -0.05) is 0 Å². The smallest absolute Gasteiger partial charge is 0.295 e. The van der Waals surface area contributed by atoms with Gasteiger partial charge >= 0.3 is 0 Å². The van der Waals surface area contributed by atoms with Crippen molar-refractivity contribution in [3.05, 3.63) is 18.2 Å². The molecule has 0 saturated carbocycles. The van der Waals surface area contributed by atoms with Crippen LogP contribution in [0.2, 0.25) is 0 Å². The van der Waals surface area contributed by atoms with Gasteiger partial charge in [-0.3, -0.25) is 0 Å². The molecule has 0 radical (unpaired) electrons. The molecule has 98 valence electrons. The van der Waals surface area contributed by atoms with E-state index in [0.29, 0.717) is 35.8 Å². The predicted molar refractivity (Wildman–Crippen MR) is 69.5 cm³/mol. The zero-order chi connectivity index (χ0) is 13.2. The lowest BCUT2D eigenvalue weighted by Crippen LogP contribution is -2.18. The van der Waals surface area contributed by atoms with Crippen molar-refractivity contribution in [2.75, 3.05) is 23.3 Å².